The van der Waals surface area contributed by atoms with Gasteiger partial charge in [-0.15, -0.1) is 0 Å². The molecule has 5 nitrogen and oxygen atoms in total. The summed E-state index contributed by atoms with van der Waals surface area (Å²) in [4.78, 5) is 16.2. The molecule has 1 aromatic heterocycles. The molecule has 0 unspecified atom stereocenters. The molecule has 144 valence electrons. The number of aromatic nitrogens is 2. The normalized spacial score (nSPS) is 12.3. The van der Waals surface area contributed by atoms with Crippen LogP contribution in [0.3, 0.4) is 0 Å². The van der Waals surface area contributed by atoms with E-state index in [1.54, 1.807) is 30.7 Å². The van der Waals surface area contributed by atoms with Gasteiger partial charge in [-0.2, -0.15) is 8.78 Å². The quantitative estimate of drug-likeness (QED) is 0.617. The Morgan fingerprint density at radius 2 is 1.93 bits per heavy atom. The number of halogens is 2. The zero-order valence-corrected chi connectivity index (χ0v) is 15.1. The molecule has 0 saturated carbocycles. The van der Waals surface area contributed by atoms with Crippen molar-refractivity contribution >= 4 is 12.0 Å². The lowest BCUT2D eigenvalue weighted by atomic mass is 10.1. The van der Waals surface area contributed by atoms with E-state index < -0.39 is 6.61 Å². The van der Waals surface area contributed by atoms with Gasteiger partial charge in [-0.05, 0) is 36.8 Å². The lowest BCUT2D eigenvalue weighted by Gasteiger charge is -2.14. The van der Waals surface area contributed by atoms with Crippen LogP contribution in [0.4, 0.5) is 8.78 Å². The first-order valence-corrected chi connectivity index (χ1v) is 8.63. The highest BCUT2D eigenvalue weighted by Crippen LogP contribution is 2.21. The van der Waals surface area contributed by atoms with Crippen LogP contribution in [0.1, 0.15) is 24.1 Å². The number of nitrogens with one attached hydrogen (secondary N) is 1. The van der Waals surface area contributed by atoms with Crippen molar-refractivity contribution in [1.29, 1.82) is 0 Å². The molecule has 0 bridgehead atoms. The van der Waals surface area contributed by atoms with Crippen LogP contribution in [0.25, 0.3) is 11.8 Å². The number of imidazole rings is 1. The van der Waals surface area contributed by atoms with E-state index in [2.05, 4.69) is 15.0 Å². The first-order chi connectivity index (χ1) is 13.5. The molecule has 0 aliphatic carbocycles. The summed E-state index contributed by atoms with van der Waals surface area (Å²) in [5.74, 6) is -0.317. The Kier molecular flexibility index (Phi) is 6.16. The highest BCUT2D eigenvalue weighted by atomic mass is 19.3. The maximum Gasteiger partial charge on any atom is 0.387 e. The predicted molar refractivity (Wildman–Crippen MR) is 102 cm³/mol. The molecule has 0 aliphatic heterocycles. The van der Waals surface area contributed by atoms with E-state index in [1.807, 2.05) is 42.0 Å². The molecule has 1 N–H and O–H groups in total. The number of amides is 1. The van der Waals surface area contributed by atoms with Crippen LogP contribution in [0.2, 0.25) is 0 Å². The largest absolute Gasteiger partial charge is 0.434 e. The topological polar surface area (TPSA) is 56.1 Å². The minimum Gasteiger partial charge on any atom is -0.434 e. The fourth-order valence-electron chi connectivity index (χ4n) is 2.68. The third-order valence-electron chi connectivity index (χ3n) is 4.10. The maximum atomic E-state index is 12.4. The van der Waals surface area contributed by atoms with Gasteiger partial charge in [0.1, 0.15) is 5.75 Å². The number of rotatable bonds is 7. The standard InChI is InChI=1S/C21H19F2N3O2/c1-15(16-6-9-18(10-7-16)26-13-12-24-14-26)25-20(27)11-8-17-4-2-3-5-19(17)28-21(22)23/h2-15,21H,1H3,(H,25,27)/b11-8-/t15-/m0/s1. The summed E-state index contributed by atoms with van der Waals surface area (Å²) in [5.41, 5.74) is 2.30. The van der Waals surface area contributed by atoms with E-state index in [4.69, 9.17) is 0 Å². The Morgan fingerprint density at radius 3 is 2.61 bits per heavy atom. The molecule has 28 heavy (non-hydrogen) atoms. The van der Waals surface area contributed by atoms with Crippen LogP contribution < -0.4 is 10.1 Å². The van der Waals surface area contributed by atoms with Crippen LogP contribution in [-0.4, -0.2) is 22.1 Å². The van der Waals surface area contributed by atoms with Crippen molar-refractivity contribution in [2.24, 2.45) is 0 Å². The maximum absolute atomic E-state index is 12.4. The average molecular weight is 383 g/mol. The molecule has 0 radical (unpaired) electrons. The zero-order chi connectivity index (χ0) is 19.9. The Morgan fingerprint density at radius 1 is 1.18 bits per heavy atom. The molecule has 3 aromatic rings. The van der Waals surface area contributed by atoms with E-state index in [0.717, 1.165) is 11.3 Å². The Bertz CT molecular complexity index is 939. The average Bonchev–Trinajstić information content (AvgIpc) is 3.22. The number of benzene rings is 2. The van der Waals surface area contributed by atoms with Crippen molar-refractivity contribution in [3.05, 3.63) is 84.5 Å². The molecule has 0 saturated heterocycles. The summed E-state index contributed by atoms with van der Waals surface area (Å²) >= 11 is 0. The van der Waals surface area contributed by atoms with E-state index in [1.165, 1.54) is 18.2 Å². The van der Waals surface area contributed by atoms with Crippen molar-refractivity contribution in [2.45, 2.75) is 19.6 Å². The van der Waals surface area contributed by atoms with E-state index >= 15 is 0 Å². The van der Waals surface area contributed by atoms with Gasteiger partial charge >= 0.3 is 6.61 Å². The summed E-state index contributed by atoms with van der Waals surface area (Å²) in [6.45, 7) is -1.06. The first kappa shape index (κ1) is 19.3. The predicted octanol–water partition coefficient (Wildman–Crippen LogP) is 4.36. The Balaban J connectivity index is 1.62. The molecule has 7 heteroatoms. The van der Waals surface area contributed by atoms with Gasteiger partial charge in [-0.1, -0.05) is 30.3 Å². The van der Waals surface area contributed by atoms with Gasteiger partial charge in [0.25, 0.3) is 0 Å². The van der Waals surface area contributed by atoms with Crippen LogP contribution in [0.5, 0.6) is 5.75 Å². The zero-order valence-electron chi connectivity index (χ0n) is 15.1. The third-order valence-corrected chi connectivity index (χ3v) is 4.10. The molecule has 0 fully saturated rings. The number of hydrogen-bond acceptors (Lipinski definition) is 3. The second-order valence-corrected chi connectivity index (χ2v) is 6.04. The fourth-order valence-corrected chi connectivity index (χ4v) is 2.68. The van der Waals surface area contributed by atoms with Crippen molar-refractivity contribution in [2.75, 3.05) is 0 Å². The van der Waals surface area contributed by atoms with Gasteiger partial charge in [0, 0.05) is 29.7 Å². The van der Waals surface area contributed by atoms with Gasteiger partial charge in [0.2, 0.25) is 5.91 Å². The SMILES string of the molecule is C[C@H](NC(=O)/C=C\c1ccccc1OC(F)F)c1ccc(-n2ccnc2)cc1. The molecule has 0 aliphatic rings. The summed E-state index contributed by atoms with van der Waals surface area (Å²) in [6, 6.07) is 13.8. The third kappa shape index (κ3) is 5.03. The number of carbonyl (C=O) groups excluding carboxylic acids is 1. The molecule has 2 aromatic carbocycles. The van der Waals surface area contributed by atoms with Crippen molar-refractivity contribution < 1.29 is 18.3 Å². The molecule has 1 atom stereocenters. The number of carbonyl (C=O) groups is 1. The number of ether oxygens (including phenoxy) is 1. The van der Waals surface area contributed by atoms with E-state index in [0.29, 0.717) is 5.56 Å². The highest BCUT2D eigenvalue weighted by molar-refractivity contribution is 5.92. The molecule has 1 heterocycles. The van der Waals surface area contributed by atoms with E-state index in [-0.39, 0.29) is 17.7 Å². The number of hydrogen-bond donors (Lipinski definition) is 1. The Hall–Kier alpha value is -3.48. The van der Waals surface area contributed by atoms with Crippen LogP contribution >= 0.6 is 0 Å². The van der Waals surface area contributed by atoms with Gasteiger partial charge in [-0.25, -0.2) is 4.98 Å². The Labute approximate surface area is 161 Å². The second-order valence-electron chi connectivity index (χ2n) is 6.04. The highest BCUT2D eigenvalue weighted by Gasteiger charge is 2.10. The monoisotopic (exact) mass is 383 g/mol. The van der Waals surface area contributed by atoms with Crippen molar-refractivity contribution in [3.63, 3.8) is 0 Å². The number of nitrogens with zero attached hydrogens (tertiary/aromatic N) is 2. The van der Waals surface area contributed by atoms with Gasteiger partial charge in [0.05, 0.1) is 12.4 Å². The van der Waals surface area contributed by atoms with Gasteiger partial charge in [0.15, 0.2) is 0 Å². The number of alkyl halides is 2. The minimum atomic E-state index is -2.92. The fraction of sp³-hybridized carbons (Fsp3) is 0.143. The van der Waals surface area contributed by atoms with Gasteiger partial charge < -0.3 is 14.6 Å². The number of para-hydroxylation sites is 1. The molecular weight excluding hydrogens is 364 g/mol. The lowest BCUT2D eigenvalue weighted by Crippen LogP contribution is -2.24. The molecule has 1 amide bonds. The molecule has 0 spiro atoms. The molecular formula is C21H19F2N3O2. The van der Waals surface area contributed by atoms with Crippen molar-refractivity contribution in [3.8, 4) is 11.4 Å². The summed E-state index contributed by atoms with van der Waals surface area (Å²) in [7, 11) is 0. The molecule has 3 rings (SSSR count). The van der Waals surface area contributed by atoms with Crippen LogP contribution in [-0.2, 0) is 4.79 Å². The van der Waals surface area contributed by atoms with Crippen LogP contribution in [0, 0.1) is 0 Å². The van der Waals surface area contributed by atoms with Gasteiger partial charge in [-0.3, -0.25) is 4.79 Å². The minimum absolute atomic E-state index is 0.0182. The van der Waals surface area contributed by atoms with E-state index in [9.17, 15) is 13.6 Å². The summed E-state index contributed by atoms with van der Waals surface area (Å²) < 4.78 is 31.2. The lowest BCUT2D eigenvalue weighted by molar-refractivity contribution is -0.117. The summed E-state index contributed by atoms with van der Waals surface area (Å²) in [6.07, 6.45) is 8.00. The first-order valence-electron chi connectivity index (χ1n) is 8.63. The van der Waals surface area contributed by atoms with Crippen molar-refractivity contribution in [1.82, 2.24) is 14.9 Å². The smallest absolute Gasteiger partial charge is 0.387 e. The van der Waals surface area contributed by atoms with Crippen LogP contribution in [0.15, 0.2) is 73.3 Å². The second kappa shape index (κ2) is 8.94. The summed E-state index contributed by atoms with van der Waals surface area (Å²) in [5, 5.41) is 2.85.